The number of fused-ring (bicyclic) bond motifs is 1. The van der Waals surface area contributed by atoms with Gasteiger partial charge in [0.2, 0.25) is 0 Å². The first kappa shape index (κ1) is 31.1. The normalized spacial score (nSPS) is 13.8. The van der Waals surface area contributed by atoms with Gasteiger partial charge < -0.3 is 22.8 Å². The van der Waals surface area contributed by atoms with Crippen LogP contribution >= 0.6 is 23.4 Å². The van der Waals surface area contributed by atoms with Crippen molar-refractivity contribution in [3.8, 4) is 17.2 Å². The van der Waals surface area contributed by atoms with Crippen molar-refractivity contribution < 1.29 is 86.1 Å². The van der Waals surface area contributed by atoms with E-state index in [1.54, 1.807) is 48.2 Å². The fourth-order valence-electron chi connectivity index (χ4n) is 3.74. The third-order valence-corrected chi connectivity index (χ3v) is 6.64. The van der Waals surface area contributed by atoms with E-state index in [1.807, 2.05) is 6.26 Å². The molecule has 3 aromatic carbocycles. The molecule has 6 nitrogen and oxygen atoms in total. The molecule has 0 saturated heterocycles. The Morgan fingerprint density at radius 2 is 1.83 bits per heavy atom. The van der Waals surface area contributed by atoms with Gasteiger partial charge in [-0.1, -0.05) is 23.7 Å². The summed E-state index contributed by atoms with van der Waals surface area (Å²) in [6.45, 7) is 0.857. The molecule has 4 rings (SSSR count). The van der Waals surface area contributed by atoms with Gasteiger partial charge in [0.1, 0.15) is 17.2 Å². The van der Waals surface area contributed by atoms with Gasteiger partial charge in [-0.25, -0.2) is 0 Å². The van der Waals surface area contributed by atoms with E-state index in [4.69, 9.17) is 21.1 Å². The largest absolute Gasteiger partial charge is 1.00 e. The van der Waals surface area contributed by atoms with Gasteiger partial charge in [-0.3, -0.25) is 9.59 Å². The molecular formula is C26H26ClNNa2O5S. The molecule has 3 aromatic rings. The number of carbonyl (C=O) groups is 2. The standard InChI is InChI=1S/C26H24ClNO5S.2Na.2H/c1-34-19-8-2-16(3-9-19)10-12-28-25(29)17-4-6-18(7-5-17)33-24-15-23-21(14-22(24)27)20(26(30)31)11-13-32-23;;;;/h2-9,14-15,20H,10-13H2,1H3,(H,28,29)(H,30,31);;;;/q;2*+1;2*-1. The van der Waals surface area contributed by atoms with Crippen LogP contribution in [-0.2, 0) is 11.2 Å². The van der Waals surface area contributed by atoms with Crippen molar-refractivity contribution in [2.75, 3.05) is 19.4 Å². The molecule has 1 amide bonds. The summed E-state index contributed by atoms with van der Waals surface area (Å²) in [5.41, 5.74) is 2.24. The molecule has 36 heavy (non-hydrogen) atoms. The number of thioether (sulfide) groups is 1. The summed E-state index contributed by atoms with van der Waals surface area (Å²) in [5.74, 6) is -0.405. The number of benzene rings is 3. The number of hydrogen-bond donors (Lipinski definition) is 2. The maximum Gasteiger partial charge on any atom is 1.00 e. The summed E-state index contributed by atoms with van der Waals surface area (Å²) in [6.07, 6.45) is 3.19. The Labute approximate surface area is 267 Å². The molecule has 0 bridgehead atoms. The Bertz CT molecular complexity index is 1200. The van der Waals surface area contributed by atoms with Crippen LogP contribution in [0.1, 0.15) is 36.7 Å². The van der Waals surface area contributed by atoms with Crippen molar-refractivity contribution in [1.82, 2.24) is 5.32 Å². The fraction of sp³-hybridized carbons (Fsp3) is 0.231. The zero-order valence-corrected chi connectivity index (χ0v) is 26.1. The second-order valence-corrected chi connectivity index (χ2v) is 9.12. The van der Waals surface area contributed by atoms with Crippen LogP contribution in [0.15, 0.2) is 65.6 Å². The third kappa shape index (κ3) is 7.92. The van der Waals surface area contributed by atoms with Gasteiger partial charge in [-0.15, -0.1) is 11.8 Å². The molecule has 0 aliphatic carbocycles. The maximum atomic E-state index is 12.5. The Hall–Kier alpha value is -1.16. The van der Waals surface area contributed by atoms with Crippen molar-refractivity contribution in [1.29, 1.82) is 0 Å². The van der Waals surface area contributed by atoms with Crippen molar-refractivity contribution in [2.45, 2.75) is 23.7 Å². The van der Waals surface area contributed by atoms with Gasteiger partial charge >= 0.3 is 65.1 Å². The molecule has 1 unspecified atom stereocenters. The molecule has 1 atom stereocenters. The minimum Gasteiger partial charge on any atom is -1.00 e. The van der Waals surface area contributed by atoms with Crippen LogP contribution in [-0.4, -0.2) is 36.4 Å². The van der Waals surface area contributed by atoms with Crippen molar-refractivity contribution in [3.63, 3.8) is 0 Å². The van der Waals surface area contributed by atoms with Crippen LogP contribution < -0.4 is 73.9 Å². The smallest absolute Gasteiger partial charge is 1.00 e. The Morgan fingerprint density at radius 3 is 2.47 bits per heavy atom. The molecule has 0 radical (unpaired) electrons. The minimum absolute atomic E-state index is 0. The van der Waals surface area contributed by atoms with E-state index < -0.39 is 11.9 Å². The molecule has 180 valence electrons. The monoisotopic (exact) mass is 545 g/mol. The number of amides is 1. The van der Waals surface area contributed by atoms with Crippen LogP contribution in [0.2, 0.25) is 5.02 Å². The number of nitrogens with one attached hydrogen (secondary N) is 1. The summed E-state index contributed by atoms with van der Waals surface area (Å²) < 4.78 is 11.5. The number of carboxylic acids is 1. The molecule has 0 saturated carbocycles. The van der Waals surface area contributed by atoms with Crippen LogP contribution in [0.3, 0.4) is 0 Å². The van der Waals surface area contributed by atoms with Crippen molar-refractivity contribution in [2.24, 2.45) is 0 Å². The average molecular weight is 546 g/mol. The first-order valence-electron chi connectivity index (χ1n) is 10.8. The molecule has 2 N–H and O–H groups in total. The zero-order valence-electron chi connectivity index (χ0n) is 22.5. The van der Waals surface area contributed by atoms with E-state index in [0.29, 0.717) is 53.0 Å². The summed E-state index contributed by atoms with van der Waals surface area (Å²) in [6, 6.07) is 18.2. The van der Waals surface area contributed by atoms with Gasteiger partial charge in [0, 0.05) is 28.6 Å². The van der Waals surface area contributed by atoms with E-state index in [1.165, 1.54) is 10.5 Å². The number of ether oxygens (including phenoxy) is 2. The predicted octanol–water partition coefficient (Wildman–Crippen LogP) is 0.0104. The SMILES string of the molecule is CSc1ccc(CCNC(=O)c2ccc(Oc3cc4c(cc3Cl)C(C(=O)O)CCO4)cc2)cc1.[H-].[H-].[Na+].[Na+]. The second-order valence-electron chi connectivity index (χ2n) is 7.83. The first-order valence-corrected chi connectivity index (χ1v) is 12.4. The van der Waals surface area contributed by atoms with E-state index in [0.717, 1.165) is 6.42 Å². The van der Waals surface area contributed by atoms with Crippen LogP contribution in [0.4, 0.5) is 0 Å². The predicted molar refractivity (Wildman–Crippen MR) is 135 cm³/mol. The summed E-state index contributed by atoms with van der Waals surface area (Å²) in [5, 5.41) is 12.6. The third-order valence-electron chi connectivity index (χ3n) is 5.60. The van der Waals surface area contributed by atoms with Crippen LogP contribution in [0.25, 0.3) is 0 Å². The Balaban J connectivity index is 0.00000342. The summed E-state index contributed by atoms with van der Waals surface area (Å²) in [4.78, 5) is 25.2. The van der Waals surface area contributed by atoms with Gasteiger partial charge in [0.05, 0.1) is 17.5 Å². The van der Waals surface area contributed by atoms with Crippen molar-refractivity contribution in [3.05, 3.63) is 82.4 Å². The Kier molecular flexibility index (Phi) is 12.7. The Morgan fingerprint density at radius 1 is 1.14 bits per heavy atom. The number of hydrogen-bond acceptors (Lipinski definition) is 5. The molecule has 1 aliphatic heterocycles. The number of aliphatic carboxylic acids is 1. The second kappa shape index (κ2) is 14.7. The van der Waals surface area contributed by atoms with E-state index in [2.05, 4.69) is 29.6 Å². The summed E-state index contributed by atoms with van der Waals surface area (Å²) >= 11 is 8.05. The number of carbonyl (C=O) groups excluding carboxylic acids is 1. The molecule has 1 heterocycles. The molecule has 10 heteroatoms. The van der Waals surface area contributed by atoms with E-state index in [9.17, 15) is 14.7 Å². The average Bonchev–Trinajstić information content (AvgIpc) is 2.85. The molecular weight excluding hydrogens is 520 g/mol. The molecule has 0 aromatic heterocycles. The number of rotatable bonds is 8. The van der Waals surface area contributed by atoms with Gasteiger partial charge in [0.15, 0.2) is 0 Å². The van der Waals surface area contributed by atoms with Crippen LogP contribution in [0.5, 0.6) is 17.2 Å². The van der Waals surface area contributed by atoms with Gasteiger partial charge in [-0.05, 0) is 67.1 Å². The van der Waals surface area contributed by atoms with Gasteiger partial charge in [-0.2, -0.15) is 0 Å². The topological polar surface area (TPSA) is 84.9 Å². The van der Waals surface area contributed by atoms with Crippen molar-refractivity contribution >= 4 is 35.2 Å². The zero-order chi connectivity index (χ0) is 24.1. The summed E-state index contributed by atoms with van der Waals surface area (Å²) in [7, 11) is 0. The van der Waals surface area contributed by atoms with E-state index >= 15 is 0 Å². The minimum atomic E-state index is -0.906. The first-order chi connectivity index (χ1) is 16.4. The van der Waals surface area contributed by atoms with E-state index in [-0.39, 0.29) is 67.9 Å². The molecule has 1 aliphatic rings. The fourth-order valence-corrected chi connectivity index (χ4v) is 4.36. The van der Waals surface area contributed by atoms with Gasteiger partial charge in [0.25, 0.3) is 5.91 Å². The number of carboxylic acid groups (broad SMARTS) is 1. The molecule has 0 fully saturated rings. The maximum absolute atomic E-state index is 12.5. The quantitative estimate of drug-likeness (QED) is 0.306. The number of halogens is 1. The molecule has 0 spiro atoms. The van der Waals surface area contributed by atoms with Crippen LogP contribution in [0, 0.1) is 0 Å².